The number of carbonyl (C=O) groups excluding carboxylic acids is 1. The summed E-state index contributed by atoms with van der Waals surface area (Å²) in [4.78, 5) is 16.5. The number of hydrogen-bond acceptors (Lipinski definition) is 3. The largest absolute Gasteiger partial charge is 0.326 e. The highest BCUT2D eigenvalue weighted by molar-refractivity contribution is 5.95. The van der Waals surface area contributed by atoms with Crippen LogP contribution in [0.2, 0.25) is 0 Å². The number of benzene rings is 2. The molecule has 1 saturated carbocycles. The van der Waals surface area contributed by atoms with Crippen LogP contribution in [0.1, 0.15) is 23.5 Å². The Morgan fingerprint density at radius 3 is 2.76 bits per heavy atom. The molecular weight excluding hydrogens is 319 g/mol. The molecule has 0 bridgehead atoms. The normalized spacial score (nSPS) is 18.8. The molecule has 0 radical (unpaired) electrons. The molecular formula is C19H17FN4O. The second kappa shape index (κ2) is 6.47. The Kier molecular flexibility index (Phi) is 4.01. The van der Waals surface area contributed by atoms with Crippen LogP contribution in [0, 0.1) is 11.7 Å². The smallest absolute Gasteiger partial charge is 0.228 e. The van der Waals surface area contributed by atoms with Crippen molar-refractivity contribution in [1.82, 2.24) is 14.8 Å². The van der Waals surface area contributed by atoms with Crippen LogP contribution in [-0.4, -0.2) is 20.7 Å². The van der Waals surface area contributed by atoms with Gasteiger partial charge in [-0.3, -0.25) is 4.79 Å². The molecule has 6 heteroatoms. The first kappa shape index (κ1) is 15.5. The molecule has 2 aromatic carbocycles. The maximum atomic E-state index is 13.0. The number of para-hydroxylation sites is 1. The van der Waals surface area contributed by atoms with Crippen molar-refractivity contribution in [2.24, 2.45) is 5.92 Å². The minimum Gasteiger partial charge on any atom is -0.326 e. The highest BCUT2D eigenvalue weighted by Crippen LogP contribution is 2.48. The van der Waals surface area contributed by atoms with Gasteiger partial charge in [0.15, 0.2) is 0 Å². The Labute approximate surface area is 144 Å². The van der Waals surface area contributed by atoms with E-state index in [4.69, 9.17) is 0 Å². The molecule has 1 aromatic heterocycles. The van der Waals surface area contributed by atoms with Crippen molar-refractivity contribution < 1.29 is 9.18 Å². The summed E-state index contributed by atoms with van der Waals surface area (Å²) in [6, 6.07) is 14.1. The van der Waals surface area contributed by atoms with E-state index in [0.29, 0.717) is 6.54 Å². The molecule has 1 fully saturated rings. The fraction of sp³-hybridized carbons (Fsp3) is 0.211. The first-order chi connectivity index (χ1) is 12.2. The van der Waals surface area contributed by atoms with Gasteiger partial charge < -0.3 is 5.32 Å². The predicted molar refractivity (Wildman–Crippen MR) is 91.4 cm³/mol. The van der Waals surface area contributed by atoms with E-state index in [1.165, 1.54) is 18.5 Å². The van der Waals surface area contributed by atoms with E-state index < -0.39 is 0 Å². The standard InChI is InChI=1S/C19H17FN4O/c20-15-7-5-13(6-8-15)16-9-17(16)19(25)23-18-4-2-1-3-14(18)10-24-12-21-11-22-24/h1-8,11-12,16-17H,9-10H2,(H,23,25). The second-order valence-corrected chi connectivity index (χ2v) is 6.24. The molecule has 4 rings (SSSR count). The molecule has 5 nitrogen and oxygen atoms in total. The molecule has 25 heavy (non-hydrogen) atoms. The number of amides is 1. The van der Waals surface area contributed by atoms with Crippen LogP contribution in [0.4, 0.5) is 10.1 Å². The highest BCUT2D eigenvalue weighted by Gasteiger charge is 2.44. The van der Waals surface area contributed by atoms with Crippen LogP contribution in [0.25, 0.3) is 0 Å². The minimum absolute atomic E-state index is 0.000338. The summed E-state index contributed by atoms with van der Waals surface area (Å²) in [5.74, 6) is -0.152. The van der Waals surface area contributed by atoms with E-state index >= 15 is 0 Å². The van der Waals surface area contributed by atoms with Gasteiger partial charge in [-0.15, -0.1) is 0 Å². The highest BCUT2D eigenvalue weighted by atomic mass is 19.1. The van der Waals surface area contributed by atoms with E-state index in [2.05, 4.69) is 15.4 Å². The van der Waals surface area contributed by atoms with Gasteiger partial charge in [0.1, 0.15) is 18.5 Å². The number of carbonyl (C=O) groups is 1. The summed E-state index contributed by atoms with van der Waals surface area (Å²) >= 11 is 0. The quantitative estimate of drug-likeness (QED) is 0.778. The number of nitrogens with zero attached hydrogens (tertiary/aromatic N) is 3. The molecule has 1 N–H and O–H groups in total. The molecule has 1 heterocycles. The van der Waals surface area contributed by atoms with Gasteiger partial charge in [-0.25, -0.2) is 14.1 Å². The summed E-state index contributed by atoms with van der Waals surface area (Å²) in [5.41, 5.74) is 2.77. The summed E-state index contributed by atoms with van der Waals surface area (Å²) in [5, 5.41) is 7.12. The van der Waals surface area contributed by atoms with Gasteiger partial charge in [0, 0.05) is 11.6 Å². The minimum atomic E-state index is -0.257. The lowest BCUT2D eigenvalue weighted by atomic mass is 10.1. The van der Waals surface area contributed by atoms with Crippen molar-refractivity contribution in [2.45, 2.75) is 18.9 Å². The van der Waals surface area contributed by atoms with Crippen LogP contribution in [0.15, 0.2) is 61.2 Å². The van der Waals surface area contributed by atoms with Crippen LogP contribution in [-0.2, 0) is 11.3 Å². The third kappa shape index (κ3) is 3.42. The van der Waals surface area contributed by atoms with Gasteiger partial charge in [0.05, 0.1) is 6.54 Å². The van der Waals surface area contributed by atoms with Gasteiger partial charge in [-0.2, -0.15) is 5.10 Å². The number of aromatic nitrogens is 3. The number of anilines is 1. The van der Waals surface area contributed by atoms with Crippen LogP contribution < -0.4 is 5.32 Å². The molecule has 2 atom stereocenters. The third-order valence-corrected chi connectivity index (χ3v) is 4.50. The Bertz CT molecular complexity index is 877. The Morgan fingerprint density at radius 1 is 1.20 bits per heavy atom. The number of hydrogen-bond donors (Lipinski definition) is 1. The SMILES string of the molecule is O=C(Nc1ccccc1Cn1cncn1)C1CC1c1ccc(F)cc1. The molecule has 0 aliphatic heterocycles. The number of rotatable bonds is 5. The van der Waals surface area contributed by atoms with Crippen molar-refractivity contribution in [2.75, 3.05) is 5.32 Å². The zero-order valence-corrected chi connectivity index (χ0v) is 13.5. The monoisotopic (exact) mass is 336 g/mol. The second-order valence-electron chi connectivity index (χ2n) is 6.24. The average molecular weight is 336 g/mol. The van der Waals surface area contributed by atoms with Gasteiger partial charge in [0.25, 0.3) is 0 Å². The van der Waals surface area contributed by atoms with E-state index in [1.54, 1.807) is 23.1 Å². The number of halogens is 1. The van der Waals surface area contributed by atoms with Crippen LogP contribution in [0.3, 0.4) is 0 Å². The first-order valence-corrected chi connectivity index (χ1v) is 8.17. The lowest BCUT2D eigenvalue weighted by molar-refractivity contribution is -0.117. The third-order valence-electron chi connectivity index (χ3n) is 4.50. The lowest BCUT2D eigenvalue weighted by Gasteiger charge is -2.11. The van der Waals surface area contributed by atoms with Gasteiger partial charge in [0.2, 0.25) is 5.91 Å². The maximum Gasteiger partial charge on any atom is 0.228 e. The predicted octanol–water partition coefficient (Wildman–Crippen LogP) is 3.21. The van der Waals surface area contributed by atoms with E-state index in [1.807, 2.05) is 24.3 Å². The Balaban J connectivity index is 1.44. The van der Waals surface area contributed by atoms with E-state index in [9.17, 15) is 9.18 Å². The van der Waals surface area contributed by atoms with Gasteiger partial charge >= 0.3 is 0 Å². The molecule has 0 spiro atoms. The van der Waals surface area contributed by atoms with Gasteiger partial charge in [-0.1, -0.05) is 30.3 Å². The zero-order valence-electron chi connectivity index (χ0n) is 13.5. The van der Waals surface area contributed by atoms with Crippen molar-refractivity contribution in [1.29, 1.82) is 0 Å². The molecule has 1 amide bonds. The fourth-order valence-corrected chi connectivity index (χ4v) is 3.06. The van der Waals surface area contributed by atoms with Crippen molar-refractivity contribution in [3.63, 3.8) is 0 Å². The summed E-state index contributed by atoms with van der Waals surface area (Å²) in [7, 11) is 0. The summed E-state index contributed by atoms with van der Waals surface area (Å²) < 4.78 is 14.7. The van der Waals surface area contributed by atoms with Crippen LogP contribution >= 0.6 is 0 Å². The van der Waals surface area contributed by atoms with E-state index in [-0.39, 0.29) is 23.6 Å². The molecule has 1 aliphatic carbocycles. The van der Waals surface area contributed by atoms with E-state index in [0.717, 1.165) is 23.2 Å². The topological polar surface area (TPSA) is 59.8 Å². The molecule has 2 unspecified atom stereocenters. The number of nitrogens with one attached hydrogen (secondary N) is 1. The summed E-state index contributed by atoms with van der Waals surface area (Å²) in [6.45, 7) is 0.544. The van der Waals surface area contributed by atoms with Crippen molar-refractivity contribution in [3.8, 4) is 0 Å². The van der Waals surface area contributed by atoms with Crippen LogP contribution in [0.5, 0.6) is 0 Å². The van der Waals surface area contributed by atoms with Crippen molar-refractivity contribution in [3.05, 3.63) is 78.1 Å². The van der Waals surface area contributed by atoms with Gasteiger partial charge in [-0.05, 0) is 41.7 Å². The van der Waals surface area contributed by atoms with Crippen molar-refractivity contribution >= 4 is 11.6 Å². The summed E-state index contributed by atoms with van der Waals surface area (Å²) in [6.07, 6.45) is 3.92. The molecule has 1 aliphatic rings. The Morgan fingerprint density at radius 2 is 2.00 bits per heavy atom. The zero-order chi connectivity index (χ0) is 17.2. The average Bonchev–Trinajstić information content (AvgIpc) is 3.26. The lowest BCUT2D eigenvalue weighted by Crippen LogP contribution is -2.16. The first-order valence-electron chi connectivity index (χ1n) is 8.17. The molecule has 126 valence electrons. The maximum absolute atomic E-state index is 13.0. The molecule has 0 saturated heterocycles. The fourth-order valence-electron chi connectivity index (χ4n) is 3.06. The Hall–Kier alpha value is -3.02. The molecule has 3 aromatic rings.